The molecule has 0 unspecified atom stereocenters. The van der Waals surface area contributed by atoms with Gasteiger partial charge in [-0.25, -0.2) is 0 Å². The number of carbonyl (C=O) groups excluding carboxylic acids is 1. The first-order valence-corrected chi connectivity index (χ1v) is 5.49. The number of hydrogen-bond acceptors (Lipinski definition) is 3. The Morgan fingerprint density at radius 1 is 1.17 bits per heavy atom. The van der Waals surface area contributed by atoms with Gasteiger partial charge >= 0.3 is 0 Å². The van der Waals surface area contributed by atoms with Gasteiger partial charge in [-0.15, -0.1) is 0 Å². The van der Waals surface area contributed by atoms with Gasteiger partial charge in [-0.3, -0.25) is 4.79 Å². The third kappa shape index (κ3) is 2.96. The Morgan fingerprint density at radius 3 is 2.78 bits per heavy atom. The molecule has 18 heavy (non-hydrogen) atoms. The van der Waals surface area contributed by atoms with E-state index < -0.39 is 0 Å². The molecule has 0 bridgehead atoms. The van der Waals surface area contributed by atoms with Crippen molar-refractivity contribution in [1.82, 2.24) is 0 Å². The third-order valence-corrected chi connectivity index (χ3v) is 2.46. The van der Waals surface area contributed by atoms with E-state index in [-0.39, 0.29) is 0 Å². The number of carbonyl (C=O) groups is 1. The quantitative estimate of drug-likeness (QED) is 0.768. The highest BCUT2D eigenvalue weighted by molar-refractivity contribution is 5.75. The second kappa shape index (κ2) is 5.65. The minimum Gasteiger partial charge on any atom is -0.489 e. The number of hydrogen-bond donors (Lipinski definition) is 0. The molecular formula is C15H11NO2. The summed E-state index contributed by atoms with van der Waals surface area (Å²) in [6.45, 7) is 0.373. The Morgan fingerprint density at radius 2 is 2.00 bits per heavy atom. The van der Waals surface area contributed by atoms with Crippen LogP contribution < -0.4 is 4.74 Å². The van der Waals surface area contributed by atoms with Crippen LogP contribution in [0.25, 0.3) is 0 Å². The van der Waals surface area contributed by atoms with E-state index in [2.05, 4.69) is 6.07 Å². The summed E-state index contributed by atoms with van der Waals surface area (Å²) in [5.41, 5.74) is 2.11. The van der Waals surface area contributed by atoms with E-state index in [1.165, 1.54) is 0 Å². The normalized spacial score (nSPS) is 9.50. The van der Waals surface area contributed by atoms with Crippen LogP contribution in [0, 0.1) is 11.3 Å². The van der Waals surface area contributed by atoms with Gasteiger partial charge in [-0.2, -0.15) is 5.26 Å². The molecule has 0 aliphatic heterocycles. The van der Waals surface area contributed by atoms with Crippen molar-refractivity contribution >= 4 is 6.29 Å². The average molecular weight is 237 g/mol. The van der Waals surface area contributed by atoms with Crippen LogP contribution in [0.3, 0.4) is 0 Å². The summed E-state index contributed by atoms with van der Waals surface area (Å²) in [6, 6.07) is 16.3. The van der Waals surface area contributed by atoms with Crippen molar-refractivity contribution in [3.8, 4) is 11.8 Å². The molecule has 0 aliphatic rings. The third-order valence-electron chi connectivity index (χ3n) is 2.46. The zero-order valence-electron chi connectivity index (χ0n) is 9.67. The van der Waals surface area contributed by atoms with Crippen LogP contribution >= 0.6 is 0 Å². The maximum absolute atomic E-state index is 10.6. The monoisotopic (exact) mass is 237 g/mol. The van der Waals surface area contributed by atoms with Gasteiger partial charge in [0, 0.05) is 5.56 Å². The summed E-state index contributed by atoms with van der Waals surface area (Å²) in [4.78, 5) is 10.6. The average Bonchev–Trinajstić information content (AvgIpc) is 2.45. The van der Waals surface area contributed by atoms with Crippen molar-refractivity contribution in [1.29, 1.82) is 5.26 Å². The smallest absolute Gasteiger partial charge is 0.150 e. The predicted molar refractivity (Wildman–Crippen MR) is 67.3 cm³/mol. The summed E-state index contributed by atoms with van der Waals surface area (Å²) in [6.07, 6.45) is 0.781. The number of rotatable bonds is 4. The van der Waals surface area contributed by atoms with Gasteiger partial charge in [0.1, 0.15) is 18.6 Å². The number of ether oxygens (including phenoxy) is 1. The Labute approximate surface area is 105 Å². The fourth-order valence-electron chi connectivity index (χ4n) is 1.57. The van der Waals surface area contributed by atoms with Crippen LogP contribution in [0.15, 0.2) is 48.5 Å². The van der Waals surface area contributed by atoms with Gasteiger partial charge in [0.15, 0.2) is 0 Å². The zero-order valence-corrected chi connectivity index (χ0v) is 9.67. The van der Waals surface area contributed by atoms with Crippen LogP contribution in [0.2, 0.25) is 0 Å². The summed E-state index contributed by atoms with van der Waals surface area (Å²) < 4.78 is 5.57. The zero-order chi connectivity index (χ0) is 12.8. The van der Waals surface area contributed by atoms with Gasteiger partial charge in [0.25, 0.3) is 0 Å². The number of nitrogens with zero attached hydrogens (tertiary/aromatic N) is 1. The van der Waals surface area contributed by atoms with Gasteiger partial charge < -0.3 is 4.74 Å². The standard InChI is InChI=1S/C15H11NO2/c16-9-12-3-1-5-14(7-12)11-18-15-6-2-4-13(8-15)10-17/h1-8,10H,11H2. The highest BCUT2D eigenvalue weighted by Gasteiger charge is 1.99. The topological polar surface area (TPSA) is 50.1 Å². The van der Waals surface area contributed by atoms with E-state index >= 15 is 0 Å². The van der Waals surface area contributed by atoms with E-state index in [0.717, 1.165) is 11.8 Å². The molecular weight excluding hydrogens is 226 g/mol. The number of benzene rings is 2. The van der Waals surface area contributed by atoms with Crippen LogP contribution in [0.5, 0.6) is 5.75 Å². The maximum atomic E-state index is 10.6. The van der Waals surface area contributed by atoms with Crippen LogP contribution in [0.1, 0.15) is 21.5 Å². The molecule has 0 aliphatic carbocycles. The van der Waals surface area contributed by atoms with Crippen molar-refractivity contribution in [3.63, 3.8) is 0 Å². The molecule has 0 saturated heterocycles. The molecule has 2 aromatic rings. The summed E-state index contributed by atoms with van der Waals surface area (Å²) in [7, 11) is 0. The minimum absolute atomic E-state index is 0.373. The molecule has 0 radical (unpaired) electrons. The van der Waals surface area contributed by atoms with Gasteiger partial charge in [0.05, 0.1) is 11.6 Å². The Hall–Kier alpha value is -2.60. The van der Waals surface area contributed by atoms with Crippen molar-refractivity contribution in [2.24, 2.45) is 0 Å². The Balaban J connectivity index is 2.06. The highest BCUT2D eigenvalue weighted by atomic mass is 16.5. The first-order valence-electron chi connectivity index (χ1n) is 5.49. The van der Waals surface area contributed by atoms with Crippen molar-refractivity contribution < 1.29 is 9.53 Å². The molecule has 0 heterocycles. The van der Waals surface area contributed by atoms with Gasteiger partial charge in [-0.1, -0.05) is 24.3 Å². The Bertz CT molecular complexity index is 599. The lowest BCUT2D eigenvalue weighted by molar-refractivity contribution is 0.112. The molecule has 0 fully saturated rings. The molecule has 0 aromatic heterocycles. The summed E-state index contributed by atoms with van der Waals surface area (Å²) in [5, 5.41) is 8.79. The van der Waals surface area contributed by atoms with E-state index in [4.69, 9.17) is 10.00 Å². The first kappa shape index (κ1) is 11.9. The van der Waals surface area contributed by atoms with Crippen LogP contribution in [-0.4, -0.2) is 6.29 Å². The minimum atomic E-state index is 0.373. The molecule has 0 amide bonds. The lowest BCUT2D eigenvalue weighted by Gasteiger charge is -2.06. The molecule has 88 valence electrons. The fourth-order valence-corrected chi connectivity index (χ4v) is 1.57. The van der Waals surface area contributed by atoms with Crippen molar-refractivity contribution in [3.05, 3.63) is 65.2 Å². The van der Waals surface area contributed by atoms with Crippen LogP contribution in [0.4, 0.5) is 0 Å². The molecule has 0 N–H and O–H groups in total. The SMILES string of the molecule is N#Cc1cccc(COc2cccc(C=O)c2)c1. The second-order valence-corrected chi connectivity index (χ2v) is 3.79. The molecule has 3 nitrogen and oxygen atoms in total. The van der Waals surface area contributed by atoms with Gasteiger partial charge in [0.2, 0.25) is 0 Å². The van der Waals surface area contributed by atoms with Crippen molar-refractivity contribution in [2.75, 3.05) is 0 Å². The fraction of sp³-hybridized carbons (Fsp3) is 0.0667. The number of nitriles is 1. The lowest BCUT2D eigenvalue weighted by Crippen LogP contribution is -1.96. The molecule has 0 spiro atoms. The van der Waals surface area contributed by atoms with Crippen LogP contribution in [-0.2, 0) is 6.61 Å². The molecule has 0 atom stereocenters. The van der Waals surface area contributed by atoms with E-state index in [1.807, 2.05) is 12.1 Å². The second-order valence-electron chi connectivity index (χ2n) is 3.79. The predicted octanol–water partition coefficient (Wildman–Crippen LogP) is 2.95. The Kier molecular flexibility index (Phi) is 3.72. The molecule has 3 heteroatoms. The summed E-state index contributed by atoms with van der Waals surface area (Å²) >= 11 is 0. The molecule has 0 saturated carbocycles. The largest absolute Gasteiger partial charge is 0.489 e. The lowest BCUT2D eigenvalue weighted by atomic mass is 10.1. The first-order chi connectivity index (χ1) is 8.81. The summed E-state index contributed by atoms with van der Waals surface area (Å²) in [5.74, 6) is 0.641. The van der Waals surface area contributed by atoms with E-state index in [0.29, 0.717) is 23.5 Å². The van der Waals surface area contributed by atoms with Gasteiger partial charge in [-0.05, 0) is 29.8 Å². The van der Waals surface area contributed by atoms with Crippen molar-refractivity contribution in [2.45, 2.75) is 6.61 Å². The highest BCUT2D eigenvalue weighted by Crippen LogP contribution is 2.14. The maximum Gasteiger partial charge on any atom is 0.150 e. The van der Waals surface area contributed by atoms with E-state index in [1.54, 1.807) is 36.4 Å². The molecule has 2 aromatic carbocycles. The molecule has 2 rings (SSSR count). The number of aldehydes is 1. The van der Waals surface area contributed by atoms with E-state index in [9.17, 15) is 4.79 Å².